The SMILES string of the molecule is CC[C@@H]1Cc2ncc(C(=O)NO)cc2CN1C[C@H]1C2CCC(C2)N1C1CC1. The highest BCUT2D eigenvalue weighted by Gasteiger charge is 2.51. The van der Waals surface area contributed by atoms with E-state index in [0.717, 1.165) is 55.2 Å². The third-order valence-corrected chi connectivity index (χ3v) is 7.40. The van der Waals surface area contributed by atoms with Crippen LogP contribution in [0.3, 0.4) is 0 Å². The first kappa shape index (κ1) is 17.6. The predicted octanol–water partition coefficient (Wildman–Crippen LogP) is 2.35. The first-order chi connectivity index (χ1) is 13.2. The van der Waals surface area contributed by atoms with E-state index < -0.39 is 5.91 Å². The minimum absolute atomic E-state index is 0.436. The number of hydrogen-bond acceptors (Lipinski definition) is 5. The van der Waals surface area contributed by atoms with Crippen LogP contribution in [0.2, 0.25) is 0 Å². The fourth-order valence-corrected chi connectivity index (χ4v) is 5.92. The molecule has 0 spiro atoms. The maximum absolute atomic E-state index is 11.8. The highest BCUT2D eigenvalue weighted by atomic mass is 16.5. The van der Waals surface area contributed by atoms with E-state index >= 15 is 0 Å². The van der Waals surface area contributed by atoms with Crippen LogP contribution in [0.25, 0.3) is 0 Å². The largest absolute Gasteiger partial charge is 0.294 e. The molecular weight excluding hydrogens is 340 g/mol. The standard InChI is InChI=1S/C21H30N4O2/c1-2-16-9-19-15(7-14(10-22-19)21(26)23-27)11-24(16)12-20-13-3-4-18(8-13)25(20)17-5-6-17/h7,10,13,16-18,20,27H,2-6,8-9,11-12H2,1H3,(H,23,26)/t13?,16-,18?,20+/m1/s1. The fraction of sp³-hybridized carbons (Fsp3) is 0.714. The van der Waals surface area contributed by atoms with Gasteiger partial charge in [0.15, 0.2) is 0 Å². The maximum Gasteiger partial charge on any atom is 0.276 e. The number of pyridine rings is 1. The van der Waals surface area contributed by atoms with E-state index in [9.17, 15) is 4.79 Å². The second-order valence-electron chi connectivity index (χ2n) is 8.94. The van der Waals surface area contributed by atoms with Crippen molar-refractivity contribution in [1.82, 2.24) is 20.3 Å². The number of nitrogens with zero attached hydrogens (tertiary/aromatic N) is 3. The molecule has 0 radical (unpaired) electrons. The molecule has 5 rings (SSSR count). The van der Waals surface area contributed by atoms with Gasteiger partial charge in [0.25, 0.3) is 5.91 Å². The molecule has 6 nitrogen and oxygen atoms in total. The van der Waals surface area contributed by atoms with Crippen molar-refractivity contribution in [1.29, 1.82) is 0 Å². The molecule has 3 fully saturated rings. The fourth-order valence-electron chi connectivity index (χ4n) is 5.92. The third-order valence-electron chi connectivity index (χ3n) is 7.40. The van der Waals surface area contributed by atoms with Crippen molar-refractivity contribution in [3.05, 3.63) is 29.1 Å². The van der Waals surface area contributed by atoms with E-state index in [2.05, 4.69) is 21.7 Å². The lowest BCUT2D eigenvalue weighted by atomic mass is 9.92. The van der Waals surface area contributed by atoms with E-state index in [0.29, 0.717) is 17.6 Å². The molecule has 2 aliphatic carbocycles. The van der Waals surface area contributed by atoms with Crippen molar-refractivity contribution < 1.29 is 10.0 Å². The summed E-state index contributed by atoms with van der Waals surface area (Å²) in [6.07, 6.45) is 10.7. The summed E-state index contributed by atoms with van der Waals surface area (Å²) in [5.41, 5.74) is 4.41. The number of carbonyl (C=O) groups excluding carboxylic acids is 1. The molecular formula is C21H30N4O2. The molecule has 2 aliphatic heterocycles. The van der Waals surface area contributed by atoms with E-state index in [-0.39, 0.29) is 0 Å². The Morgan fingerprint density at radius 1 is 1.30 bits per heavy atom. The molecule has 2 unspecified atom stereocenters. The van der Waals surface area contributed by atoms with Crippen molar-refractivity contribution in [2.45, 2.75) is 82.6 Å². The van der Waals surface area contributed by atoms with Crippen LogP contribution in [-0.4, -0.2) is 56.6 Å². The van der Waals surface area contributed by atoms with Gasteiger partial charge in [-0.25, -0.2) is 5.48 Å². The van der Waals surface area contributed by atoms with Gasteiger partial charge in [0, 0.05) is 55.6 Å². The second kappa shape index (κ2) is 6.83. The summed E-state index contributed by atoms with van der Waals surface area (Å²) in [7, 11) is 0. The normalized spacial score (nSPS) is 33.3. The Kier molecular flexibility index (Phi) is 4.45. The average Bonchev–Trinajstić information content (AvgIpc) is 3.34. The highest BCUT2D eigenvalue weighted by molar-refractivity contribution is 5.93. The van der Waals surface area contributed by atoms with Crippen LogP contribution in [0.5, 0.6) is 0 Å². The van der Waals surface area contributed by atoms with Crippen LogP contribution < -0.4 is 5.48 Å². The lowest BCUT2D eigenvalue weighted by Crippen LogP contribution is -2.52. The minimum atomic E-state index is -0.484. The molecule has 6 heteroatoms. The van der Waals surface area contributed by atoms with Gasteiger partial charge in [-0.15, -0.1) is 0 Å². The first-order valence-electron chi connectivity index (χ1n) is 10.6. The number of amides is 1. The molecule has 4 aliphatic rings. The summed E-state index contributed by atoms with van der Waals surface area (Å²) < 4.78 is 0. The van der Waals surface area contributed by atoms with Gasteiger partial charge < -0.3 is 0 Å². The quantitative estimate of drug-likeness (QED) is 0.615. The van der Waals surface area contributed by atoms with Gasteiger partial charge in [0.1, 0.15) is 0 Å². The summed E-state index contributed by atoms with van der Waals surface area (Å²) in [5.74, 6) is 0.390. The summed E-state index contributed by atoms with van der Waals surface area (Å²) in [4.78, 5) is 21.8. The number of hydrogen-bond donors (Lipinski definition) is 2. The molecule has 3 heterocycles. The van der Waals surface area contributed by atoms with Crippen molar-refractivity contribution in [2.75, 3.05) is 6.54 Å². The van der Waals surface area contributed by atoms with Crippen LogP contribution in [-0.2, 0) is 13.0 Å². The van der Waals surface area contributed by atoms with Gasteiger partial charge in [-0.1, -0.05) is 6.92 Å². The smallest absolute Gasteiger partial charge is 0.276 e. The van der Waals surface area contributed by atoms with Crippen molar-refractivity contribution in [2.24, 2.45) is 5.92 Å². The Morgan fingerprint density at radius 2 is 2.11 bits per heavy atom. The average molecular weight is 370 g/mol. The van der Waals surface area contributed by atoms with Gasteiger partial charge in [-0.05, 0) is 56.1 Å². The number of hydroxylamine groups is 1. The first-order valence-corrected chi connectivity index (χ1v) is 10.6. The van der Waals surface area contributed by atoms with Crippen molar-refractivity contribution >= 4 is 5.91 Å². The molecule has 2 bridgehead atoms. The van der Waals surface area contributed by atoms with Crippen LogP contribution >= 0.6 is 0 Å². The summed E-state index contributed by atoms with van der Waals surface area (Å²) in [5, 5.41) is 8.92. The monoisotopic (exact) mass is 370 g/mol. The van der Waals surface area contributed by atoms with Crippen LogP contribution in [0.4, 0.5) is 0 Å². The van der Waals surface area contributed by atoms with E-state index in [1.165, 1.54) is 32.1 Å². The number of fused-ring (bicyclic) bond motifs is 3. The van der Waals surface area contributed by atoms with Gasteiger partial charge >= 0.3 is 0 Å². The zero-order chi connectivity index (χ0) is 18.5. The number of likely N-dealkylation sites (tertiary alicyclic amines) is 1. The molecule has 27 heavy (non-hydrogen) atoms. The predicted molar refractivity (Wildman–Crippen MR) is 101 cm³/mol. The number of nitrogens with one attached hydrogen (secondary N) is 1. The lowest BCUT2D eigenvalue weighted by Gasteiger charge is -2.43. The molecule has 1 saturated heterocycles. The van der Waals surface area contributed by atoms with Gasteiger partial charge in [0.2, 0.25) is 0 Å². The Labute approximate surface area is 160 Å². The van der Waals surface area contributed by atoms with Crippen LogP contribution in [0, 0.1) is 5.92 Å². The second-order valence-corrected chi connectivity index (χ2v) is 8.94. The van der Waals surface area contributed by atoms with Crippen LogP contribution in [0.1, 0.15) is 67.1 Å². The van der Waals surface area contributed by atoms with E-state index in [1.54, 1.807) is 11.7 Å². The zero-order valence-electron chi connectivity index (χ0n) is 16.1. The maximum atomic E-state index is 11.8. The topological polar surface area (TPSA) is 68.7 Å². The third kappa shape index (κ3) is 3.08. The van der Waals surface area contributed by atoms with E-state index in [4.69, 9.17) is 5.21 Å². The summed E-state index contributed by atoms with van der Waals surface area (Å²) in [6, 6.07) is 4.84. The van der Waals surface area contributed by atoms with Gasteiger partial charge in [0.05, 0.1) is 5.56 Å². The molecule has 1 aromatic heterocycles. The Bertz CT molecular complexity index is 735. The number of carbonyl (C=O) groups is 1. The van der Waals surface area contributed by atoms with E-state index in [1.807, 2.05) is 6.07 Å². The van der Waals surface area contributed by atoms with Gasteiger partial charge in [-0.3, -0.25) is 24.8 Å². The minimum Gasteiger partial charge on any atom is -0.294 e. The number of rotatable bonds is 5. The number of piperidine rings is 1. The summed E-state index contributed by atoms with van der Waals surface area (Å²) >= 11 is 0. The van der Waals surface area contributed by atoms with Crippen molar-refractivity contribution in [3.8, 4) is 0 Å². The number of aromatic nitrogens is 1. The van der Waals surface area contributed by atoms with Crippen molar-refractivity contribution in [3.63, 3.8) is 0 Å². The molecule has 146 valence electrons. The summed E-state index contributed by atoms with van der Waals surface area (Å²) in [6.45, 7) is 4.28. The lowest BCUT2D eigenvalue weighted by molar-refractivity contribution is 0.0625. The molecule has 1 amide bonds. The molecule has 1 aromatic rings. The Hall–Kier alpha value is -1.50. The highest BCUT2D eigenvalue weighted by Crippen LogP contribution is 2.48. The molecule has 4 atom stereocenters. The Balaban J connectivity index is 1.37. The molecule has 0 aromatic carbocycles. The Morgan fingerprint density at radius 3 is 2.85 bits per heavy atom. The molecule has 2 N–H and O–H groups in total. The zero-order valence-corrected chi connectivity index (χ0v) is 16.1. The molecule has 2 saturated carbocycles. The van der Waals surface area contributed by atoms with Gasteiger partial charge in [-0.2, -0.15) is 0 Å². The van der Waals surface area contributed by atoms with Crippen LogP contribution in [0.15, 0.2) is 12.3 Å².